The summed E-state index contributed by atoms with van der Waals surface area (Å²) >= 11 is 6.94. The van der Waals surface area contributed by atoms with Crippen LogP contribution in [0.4, 0.5) is 0 Å². The normalized spacial score (nSPS) is 15.4. The van der Waals surface area contributed by atoms with Crippen molar-refractivity contribution in [3.8, 4) is 10.6 Å². The predicted molar refractivity (Wildman–Crippen MR) is 118 cm³/mol. The van der Waals surface area contributed by atoms with E-state index < -0.39 is 0 Å². The number of nitrogens with zero attached hydrogens (tertiary/aromatic N) is 3. The number of thiophene rings is 1. The van der Waals surface area contributed by atoms with Crippen LogP contribution >= 0.6 is 38.6 Å². The highest BCUT2D eigenvalue weighted by Gasteiger charge is 2.21. The fourth-order valence-corrected chi connectivity index (χ4v) is 5.42. The van der Waals surface area contributed by atoms with Crippen LogP contribution in [0, 0.1) is 6.92 Å². The molecule has 1 N–H and O–H groups in total. The minimum atomic E-state index is 0.461. The lowest BCUT2D eigenvalue weighted by atomic mass is 10.1. The van der Waals surface area contributed by atoms with Gasteiger partial charge in [0.1, 0.15) is 0 Å². The van der Waals surface area contributed by atoms with Gasteiger partial charge in [0, 0.05) is 27.5 Å². The number of H-pyrrole nitrogens is 1. The van der Waals surface area contributed by atoms with Crippen molar-refractivity contribution in [1.29, 1.82) is 0 Å². The zero-order chi connectivity index (χ0) is 18.4. The number of hydrogen-bond acceptors (Lipinski definition) is 4. The van der Waals surface area contributed by atoms with Crippen molar-refractivity contribution in [2.45, 2.75) is 25.8 Å². The van der Waals surface area contributed by atoms with Crippen LogP contribution in [0.2, 0.25) is 0 Å². The fourth-order valence-electron chi connectivity index (χ4n) is 3.06. The maximum absolute atomic E-state index is 4.87. The molecule has 4 nitrogen and oxygen atoms in total. The van der Waals surface area contributed by atoms with E-state index in [0.717, 1.165) is 31.1 Å². The van der Waals surface area contributed by atoms with Crippen LogP contribution in [-0.2, 0) is 0 Å². The Morgan fingerprint density at radius 1 is 1.22 bits per heavy atom. The van der Waals surface area contributed by atoms with Crippen LogP contribution in [-0.4, -0.2) is 21.9 Å². The molecule has 1 aliphatic rings. The summed E-state index contributed by atoms with van der Waals surface area (Å²) in [6.45, 7) is 2.09. The fraction of sp³-hybridized carbons (Fsp3) is 0.200. The lowest BCUT2D eigenvalue weighted by Crippen LogP contribution is -2.12. The van der Waals surface area contributed by atoms with Crippen molar-refractivity contribution in [2.75, 3.05) is 0 Å². The van der Waals surface area contributed by atoms with Gasteiger partial charge in [0.25, 0.3) is 0 Å². The monoisotopic (exact) mass is 456 g/mol. The second-order valence-corrected chi connectivity index (χ2v) is 9.93. The number of para-hydroxylation sites is 1. The zero-order valence-electron chi connectivity index (χ0n) is 14.6. The first-order valence-corrected chi connectivity index (χ1v) is 11.3. The van der Waals surface area contributed by atoms with E-state index in [4.69, 9.17) is 10.1 Å². The van der Waals surface area contributed by atoms with Crippen LogP contribution in [0.5, 0.6) is 0 Å². The summed E-state index contributed by atoms with van der Waals surface area (Å²) in [5.41, 5.74) is 4.47. The summed E-state index contributed by atoms with van der Waals surface area (Å²) in [6, 6.07) is 13.0. The van der Waals surface area contributed by atoms with E-state index in [1.165, 1.54) is 23.1 Å². The van der Waals surface area contributed by atoms with Gasteiger partial charge >= 0.3 is 0 Å². The van der Waals surface area contributed by atoms with Crippen LogP contribution in [0.1, 0.15) is 24.1 Å². The molecular formula is C20H17BrN4S2. The molecule has 0 amide bonds. The number of aromatic amines is 1. The van der Waals surface area contributed by atoms with Crippen molar-refractivity contribution in [2.24, 2.45) is 10.1 Å². The number of fused-ring (bicyclic) bond motifs is 1. The van der Waals surface area contributed by atoms with E-state index in [2.05, 4.69) is 63.5 Å². The van der Waals surface area contributed by atoms with Crippen molar-refractivity contribution in [3.05, 3.63) is 61.6 Å². The minimum Gasteiger partial charge on any atom is -0.358 e. The molecule has 0 unspecified atom stereocenters. The maximum atomic E-state index is 4.87. The number of nitrogens with one attached hydrogen (secondary N) is 1. The SMILES string of the molecule is Cc1[nH]c2ccccc2c1/C=N/n1c(-c2ccc(Br)s2)csc1=NC1CC1. The second-order valence-electron chi connectivity index (χ2n) is 6.63. The topological polar surface area (TPSA) is 45.4 Å². The van der Waals surface area contributed by atoms with E-state index in [9.17, 15) is 0 Å². The number of benzene rings is 1. The highest BCUT2D eigenvalue weighted by atomic mass is 79.9. The minimum absolute atomic E-state index is 0.461. The first kappa shape index (κ1) is 17.2. The molecule has 4 aromatic rings. The molecule has 1 aliphatic carbocycles. The van der Waals surface area contributed by atoms with Crippen LogP contribution < -0.4 is 4.80 Å². The molecule has 1 aromatic carbocycles. The van der Waals surface area contributed by atoms with E-state index >= 15 is 0 Å². The second kappa shape index (κ2) is 6.89. The van der Waals surface area contributed by atoms with Crippen molar-refractivity contribution >= 4 is 55.7 Å². The lowest BCUT2D eigenvalue weighted by Gasteiger charge is -2.01. The van der Waals surface area contributed by atoms with Gasteiger partial charge in [-0.15, -0.1) is 22.7 Å². The molecular weight excluding hydrogens is 440 g/mol. The highest BCUT2D eigenvalue weighted by Crippen LogP contribution is 2.32. The third kappa shape index (κ3) is 3.35. The number of rotatable bonds is 4. The lowest BCUT2D eigenvalue weighted by molar-refractivity contribution is 0.824. The Hall–Kier alpha value is -1.96. The predicted octanol–water partition coefficient (Wildman–Crippen LogP) is 5.78. The highest BCUT2D eigenvalue weighted by molar-refractivity contribution is 9.11. The third-order valence-electron chi connectivity index (χ3n) is 4.60. The summed E-state index contributed by atoms with van der Waals surface area (Å²) in [4.78, 5) is 10.4. The first-order chi connectivity index (χ1) is 13.2. The van der Waals surface area contributed by atoms with Crippen molar-refractivity contribution < 1.29 is 0 Å². The van der Waals surface area contributed by atoms with Crippen LogP contribution in [0.25, 0.3) is 21.5 Å². The summed E-state index contributed by atoms with van der Waals surface area (Å²) in [5, 5.41) is 8.21. The molecule has 0 spiro atoms. The zero-order valence-corrected chi connectivity index (χ0v) is 17.9. The Bertz CT molecular complexity index is 1220. The molecule has 0 atom stereocenters. The molecule has 1 saturated carbocycles. The summed E-state index contributed by atoms with van der Waals surface area (Å²) in [7, 11) is 0. The Kier molecular flexibility index (Phi) is 4.38. The Balaban J connectivity index is 1.64. The molecule has 0 bridgehead atoms. The Morgan fingerprint density at radius 3 is 2.85 bits per heavy atom. The standard InChI is InChI=1S/C20H17BrN4S2/c1-12-15(14-4-2-3-5-16(14)23-12)10-22-25-17(18-8-9-19(21)27-18)11-26-20(25)24-13-6-7-13/h2-5,8-11,13,23H,6-7H2,1H3/b22-10+,24-20?. The van der Waals surface area contributed by atoms with Gasteiger partial charge in [-0.25, -0.2) is 4.68 Å². The molecule has 3 heterocycles. The summed E-state index contributed by atoms with van der Waals surface area (Å²) < 4.78 is 3.11. The molecule has 0 saturated heterocycles. The van der Waals surface area contributed by atoms with Gasteiger partial charge < -0.3 is 4.98 Å². The molecule has 7 heteroatoms. The molecule has 5 rings (SSSR count). The third-order valence-corrected chi connectivity index (χ3v) is 7.07. The molecule has 3 aromatic heterocycles. The van der Waals surface area contributed by atoms with Crippen LogP contribution in [0.15, 0.2) is 55.7 Å². The molecule has 136 valence electrons. The molecule has 0 radical (unpaired) electrons. The number of thiazole rings is 1. The summed E-state index contributed by atoms with van der Waals surface area (Å²) in [6.07, 6.45) is 4.32. The van der Waals surface area contributed by atoms with Gasteiger partial charge in [-0.2, -0.15) is 5.10 Å². The number of hydrogen-bond donors (Lipinski definition) is 1. The molecule has 1 fully saturated rings. The van der Waals surface area contributed by atoms with Gasteiger partial charge in [-0.3, -0.25) is 4.99 Å². The van der Waals surface area contributed by atoms with E-state index in [0.29, 0.717) is 6.04 Å². The quantitative estimate of drug-likeness (QED) is 0.378. The van der Waals surface area contributed by atoms with Gasteiger partial charge in [0.05, 0.1) is 26.6 Å². The van der Waals surface area contributed by atoms with Gasteiger partial charge in [0.15, 0.2) is 0 Å². The van der Waals surface area contributed by atoms with E-state index in [1.54, 1.807) is 22.7 Å². The van der Waals surface area contributed by atoms with Gasteiger partial charge in [-0.05, 0) is 53.9 Å². The molecule has 27 heavy (non-hydrogen) atoms. The smallest absolute Gasteiger partial charge is 0.206 e. The average molecular weight is 457 g/mol. The average Bonchev–Trinajstić information content (AvgIpc) is 3.08. The summed E-state index contributed by atoms with van der Waals surface area (Å²) in [5.74, 6) is 0. The first-order valence-electron chi connectivity index (χ1n) is 8.81. The number of aryl methyl sites for hydroxylation is 1. The van der Waals surface area contributed by atoms with Crippen molar-refractivity contribution in [1.82, 2.24) is 9.66 Å². The molecule has 0 aliphatic heterocycles. The van der Waals surface area contributed by atoms with Gasteiger partial charge in [0.2, 0.25) is 4.80 Å². The van der Waals surface area contributed by atoms with Crippen molar-refractivity contribution in [3.63, 3.8) is 0 Å². The van der Waals surface area contributed by atoms with Gasteiger partial charge in [-0.1, -0.05) is 18.2 Å². The van der Waals surface area contributed by atoms with Crippen LogP contribution in [0.3, 0.4) is 0 Å². The largest absolute Gasteiger partial charge is 0.358 e. The Morgan fingerprint density at radius 2 is 2.07 bits per heavy atom. The Labute approximate surface area is 173 Å². The number of halogens is 1. The van der Waals surface area contributed by atoms with E-state index in [-0.39, 0.29) is 0 Å². The number of aromatic nitrogens is 2. The maximum Gasteiger partial charge on any atom is 0.206 e. The van der Waals surface area contributed by atoms with E-state index in [1.807, 2.05) is 17.0 Å².